The highest BCUT2D eigenvalue weighted by Crippen LogP contribution is 2.26. The molecule has 0 fully saturated rings. The number of rotatable bonds is 3. The Kier molecular flexibility index (Phi) is 3.27. The van der Waals surface area contributed by atoms with Crippen LogP contribution >= 0.6 is 0 Å². The molecular formula is C12H12FN3O2. The smallest absolute Gasteiger partial charge is 0.257 e. The predicted molar refractivity (Wildman–Crippen MR) is 64.9 cm³/mol. The summed E-state index contributed by atoms with van der Waals surface area (Å²) in [6.07, 6.45) is 1.46. The van der Waals surface area contributed by atoms with Crippen molar-refractivity contribution in [3.63, 3.8) is 0 Å². The highest BCUT2D eigenvalue weighted by molar-refractivity contribution is 5.61. The third-order valence-corrected chi connectivity index (χ3v) is 2.41. The van der Waals surface area contributed by atoms with Crippen LogP contribution in [-0.4, -0.2) is 24.2 Å². The van der Waals surface area contributed by atoms with Crippen molar-refractivity contribution in [1.29, 1.82) is 0 Å². The number of anilines is 1. The van der Waals surface area contributed by atoms with Crippen LogP contribution in [0, 0.1) is 5.82 Å². The average molecular weight is 249 g/mol. The summed E-state index contributed by atoms with van der Waals surface area (Å²) in [6.45, 7) is 0. The van der Waals surface area contributed by atoms with Gasteiger partial charge in [0.05, 0.1) is 26.1 Å². The zero-order valence-electron chi connectivity index (χ0n) is 9.98. The van der Waals surface area contributed by atoms with E-state index < -0.39 is 5.82 Å². The molecule has 0 bridgehead atoms. The van der Waals surface area contributed by atoms with Crippen LogP contribution in [0.3, 0.4) is 0 Å². The number of nitrogens with zero attached hydrogens (tertiary/aromatic N) is 2. The second-order valence-corrected chi connectivity index (χ2v) is 3.50. The molecule has 0 unspecified atom stereocenters. The number of halogens is 1. The molecule has 0 aliphatic rings. The maximum atomic E-state index is 13.6. The quantitative estimate of drug-likeness (QED) is 0.899. The maximum Gasteiger partial charge on any atom is 0.257 e. The molecule has 5 nitrogen and oxygen atoms in total. The molecule has 6 heteroatoms. The lowest BCUT2D eigenvalue weighted by Crippen LogP contribution is -1.99. The highest BCUT2D eigenvalue weighted by atomic mass is 19.1. The molecule has 94 valence electrons. The Morgan fingerprint density at radius 3 is 2.61 bits per heavy atom. The summed E-state index contributed by atoms with van der Waals surface area (Å²) in [5, 5.41) is 0. The van der Waals surface area contributed by atoms with Crippen LogP contribution in [0.25, 0.3) is 11.3 Å². The maximum absolute atomic E-state index is 13.6. The first kappa shape index (κ1) is 12.1. The molecule has 1 heterocycles. The number of methoxy groups -OCH3 is 2. The third-order valence-electron chi connectivity index (χ3n) is 2.41. The monoisotopic (exact) mass is 249 g/mol. The van der Waals surface area contributed by atoms with Crippen LogP contribution in [0.15, 0.2) is 24.4 Å². The van der Waals surface area contributed by atoms with Crippen molar-refractivity contribution >= 4 is 5.82 Å². The van der Waals surface area contributed by atoms with Crippen molar-refractivity contribution in [3.05, 3.63) is 30.2 Å². The second-order valence-electron chi connectivity index (χ2n) is 3.50. The molecule has 2 rings (SSSR count). The van der Waals surface area contributed by atoms with E-state index in [9.17, 15) is 4.39 Å². The summed E-state index contributed by atoms with van der Waals surface area (Å²) < 4.78 is 23.4. The Balaban J connectivity index is 2.45. The molecule has 0 radical (unpaired) electrons. The number of nitrogens with two attached hydrogens (primary N) is 1. The van der Waals surface area contributed by atoms with Crippen LogP contribution < -0.4 is 15.2 Å². The van der Waals surface area contributed by atoms with Gasteiger partial charge in [0.1, 0.15) is 0 Å². The second kappa shape index (κ2) is 4.87. The zero-order valence-corrected chi connectivity index (χ0v) is 9.98. The van der Waals surface area contributed by atoms with Crippen molar-refractivity contribution in [2.45, 2.75) is 0 Å². The van der Waals surface area contributed by atoms with Crippen LogP contribution in [0.2, 0.25) is 0 Å². The fraction of sp³-hybridized carbons (Fsp3) is 0.167. The predicted octanol–water partition coefficient (Wildman–Crippen LogP) is 1.88. The van der Waals surface area contributed by atoms with E-state index in [1.165, 1.54) is 32.5 Å². The normalized spacial score (nSPS) is 10.2. The van der Waals surface area contributed by atoms with Gasteiger partial charge in [-0.15, -0.1) is 0 Å². The molecule has 18 heavy (non-hydrogen) atoms. The summed E-state index contributed by atoms with van der Waals surface area (Å²) in [6, 6.07) is 4.52. The minimum absolute atomic E-state index is 0.175. The number of nitrogen functional groups attached to an aromatic ring is 1. The van der Waals surface area contributed by atoms with E-state index in [0.717, 1.165) is 0 Å². The van der Waals surface area contributed by atoms with E-state index in [-0.39, 0.29) is 17.4 Å². The topological polar surface area (TPSA) is 70.3 Å². The molecule has 0 saturated heterocycles. The standard InChI is InChI=1S/C12H12FN3O2/c1-17-10-4-3-7(5-8(10)13)9-6-15-11(14)12(16-9)18-2/h3-6H,1-2H3,(H2,14,15). The lowest BCUT2D eigenvalue weighted by molar-refractivity contribution is 0.386. The SMILES string of the molecule is COc1ccc(-c2cnc(N)c(OC)n2)cc1F. The van der Waals surface area contributed by atoms with Crippen LogP contribution in [-0.2, 0) is 0 Å². The fourth-order valence-corrected chi connectivity index (χ4v) is 1.50. The van der Waals surface area contributed by atoms with E-state index >= 15 is 0 Å². The third kappa shape index (κ3) is 2.17. The Labute approximate surface area is 103 Å². The van der Waals surface area contributed by atoms with Crippen molar-refractivity contribution in [2.75, 3.05) is 20.0 Å². The lowest BCUT2D eigenvalue weighted by Gasteiger charge is -2.07. The first-order chi connectivity index (χ1) is 8.65. The number of ether oxygens (including phenoxy) is 2. The summed E-state index contributed by atoms with van der Waals surface area (Å²) in [4.78, 5) is 8.08. The van der Waals surface area contributed by atoms with Crippen molar-refractivity contribution in [1.82, 2.24) is 9.97 Å². The molecule has 2 aromatic rings. The van der Waals surface area contributed by atoms with Crippen molar-refractivity contribution in [3.8, 4) is 22.9 Å². The number of hydrogen-bond donors (Lipinski definition) is 1. The summed E-state index contributed by atoms with van der Waals surface area (Å²) in [7, 11) is 2.85. The van der Waals surface area contributed by atoms with Gasteiger partial charge in [-0.1, -0.05) is 0 Å². The molecule has 0 aliphatic carbocycles. The van der Waals surface area contributed by atoms with Crippen LogP contribution in [0.4, 0.5) is 10.2 Å². The van der Waals surface area contributed by atoms with E-state index in [0.29, 0.717) is 11.3 Å². The lowest BCUT2D eigenvalue weighted by atomic mass is 10.1. The number of hydrogen-bond acceptors (Lipinski definition) is 5. The van der Waals surface area contributed by atoms with Gasteiger partial charge in [-0.2, -0.15) is 0 Å². The van der Waals surface area contributed by atoms with Gasteiger partial charge in [-0.25, -0.2) is 14.4 Å². The highest BCUT2D eigenvalue weighted by Gasteiger charge is 2.09. The van der Waals surface area contributed by atoms with Gasteiger partial charge in [0.2, 0.25) is 0 Å². The molecule has 1 aromatic carbocycles. The van der Waals surface area contributed by atoms with Gasteiger partial charge in [0.25, 0.3) is 5.88 Å². The van der Waals surface area contributed by atoms with Gasteiger partial charge >= 0.3 is 0 Å². The molecule has 0 saturated carbocycles. The van der Waals surface area contributed by atoms with E-state index in [2.05, 4.69) is 9.97 Å². The molecule has 1 aromatic heterocycles. The van der Waals surface area contributed by atoms with E-state index in [1.807, 2.05) is 0 Å². The fourth-order valence-electron chi connectivity index (χ4n) is 1.50. The van der Waals surface area contributed by atoms with Gasteiger partial charge in [0, 0.05) is 5.56 Å². The average Bonchev–Trinajstić information content (AvgIpc) is 2.39. The number of benzene rings is 1. The number of aromatic nitrogens is 2. The first-order valence-corrected chi connectivity index (χ1v) is 5.16. The molecule has 0 atom stereocenters. The van der Waals surface area contributed by atoms with Gasteiger partial charge in [-0.05, 0) is 18.2 Å². The minimum atomic E-state index is -0.465. The molecule has 0 amide bonds. The summed E-state index contributed by atoms with van der Waals surface area (Å²) in [5.74, 6) is 0.112. The molecular weight excluding hydrogens is 237 g/mol. The van der Waals surface area contributed by atoms with Gasteiger partial charge in [0.15, 0.2) is 17.4 Å². The first-order valence-electron chi connectivity index (χ1n) is 5.16. The van der Waals surface area contributed by atoms with E-state index in [1.54, 1.807) is 6.07 Å². The molecule has 0 spiro atoms. The van der Waals surface area contributed by atoms with Crippen molar-refractivity contribution < 1.29 is 13.9 Å². The minimum Gasteiger partial charge on any atom is -0.494 e. The van der Waals surface area contributed by atoms with Crippen LogP contribution in [0.5, 0.6) is 11.6 Å². The summed E-state index contributed by atoms with van der Waals surface area (Å²) in [5.41, 5.74) is 6.60. The Morgan fingerprint density at radius 2 is 2.00 bits per heavy atom. The Morgan fingerprint density at radius 1 is 1.22 bits per heavy atom. The largest absolute Gasteiger partial charge is 0.494 e. The molecule has 2 N–H and O–H groups in total. The van der Waals surface area contributed by atoms with Crippen LogP contribution in [0.1, 0.15) is 0 Å². The summed E-state index contributed by atoms with van der Waals surface area (Å²) >= 11 is 0. The van der Waals surface area contributed by atoms with Gasteiger partial charge in [-0.3, -0.25) is 0 Å². The van der Waals surface area contributed by atoms with E-state index in [4.69, 9.17) is 15.2 Å². The Hall–Kier alpha value is -2.37. The Bertz CT molecular complexity index is 575. The van der Waals surface area contributed by atoms with Gasteiger partial charge < -0.3 is 15.2 Å². The zero-order chi connectivity index (χ0) is 13.1. The van der Waals surface area contributed by atoms with Crippen molar-refractivity contribution in [2.24, 2.45) is 0 Å². The molecule has 0 aliphatic heterocycles.